The van der Waals surface area contributed by atoms with E-state index in [2.05, 4.69) is 29.4 Å². The Kier molecular flexibility index (Phi) is 3.89. The molecule has 1 aromatic heterocycles. The Bertz CT molecular complexity index is 549. The van der Waals surface area contributed by atoms with Crippen molar-refractivity contribution in [3.63, 3.8) is 0 Å². The van der Waals surface area contributed by atoms with Crippen LogP contribution in [0.25, 0.3) is 0 Å². The third-order valence-electron chi connectivity index (χ3n) is 2.66. The van der Waals surface area contributed by atoms with Crippen LogP contribution in [0.3, 0.4) is 0 Å². The maximum Gasteiger partial charge on any atom is 0.130 e. The first-order chi connectivity index (χ1) is 8.69. The number of nitrogens with zero attached hydrogens (tertiary/aromatic N) is 1. The minimum absolute atomic E-state index is 0.363. The lowest BCUT2D eigenvalue weighted by Crippen LogP contribution is -2.09. The van der Waals surface area contributed by atoms with Crippen LogP contribution in [-0.2, 0) is 6.42 Å². The highest BCUT2D eigenvalue weighted by Crippen LogP contribution is 2.16. The van der Waals surface area contributed by atoms with Gasteiger partial charge in [-0.2, -0.15) is 0 Å². The van der Waals surface area contributed by atoms with Crippen LogP contribution in [0.5, 0.6) is 0 Å². The molecule has 0 aliphatic carbocycles. The highest BCUT2D eigenvalue weighted by atomic mass is 32.1. The molecule has 2 aromatic rings. The molecule has 92 valence electrons. The number of aryl methyl sites for hydroxylation is 1. The zero-order chi connectivity index (χ0) is 13.0. The molecule has 0 aliphatic rings. The number of nitrogens with two attached hydrogens (primary N) is 1. The summed E-state index contributed by atoms with van der Waals surface area (Å²) in [5, 5.41) is 3.25. The van der Waals surface area contributed by atoms with E-state index in [1.165, 1.54) is 5.56 Å². The van der Waals surface area contributed by atoms with Crippen LogP contribution in [0.15, 0.2) is 42.6 Å². The van der Waals surface area contributed by atoms with E-state index in [0.29, 0.717) is 4.99 Å². The third-order valence-corrected chi connectivity index (χ3v) is 2.89. The number of hydrogen-bond acceptors (Lipinski definition) is 3. The van der Waals surface area contributed by atoms with Crippen LogP contribution in [0.2, 0.25) is 0 Å². The lowest BCUT2D eigenvalue weighted by molar-refractivity contribution is 1.14. The average molecular weight is 257 g/mol. The number of hydrogen-bond donors (Lipinski definition) is 2. The van der Waals surface area contributed by atoms with Crippen LogP contribution in [0, 0.1) is 0 Å². The molecule has 0 amide bonds. The second kappa shape index (κ2) is 5.60. The number of anilines is 2. The van der Waals surface area contributed by atoms with Gasteiger partial charge in [0.1, 0.15) is 10.8 Å². The molecule has 3 nitrogen and oxygen atoms in total. The van der Waals surface area contributed by atoms with Crippen LogP contribution in [-0.4, -0.2) is 9.97 Å². The van der Waals surface area contributed by atoms with Gasteiger partial charge in [0.25, 0.3) is 0 Å². The van der Waals surface area contributed by atoms with Crippen molar-refractivity contribution in [2.75, 3.05) is 5.32 Å². The Labute approximate surface area is 112 Å². The second-order valence-corrected chi connectivity index (χ2v) is 4.42. The van der Waals surface area contributed by atoms with Crippen molar-refractivity contribution >= 4 is 28.7 Å². The third kappa shape index (κ3) is 3.05. The highest BCUT2D eigenvalue weighted by molar-refractivity contribution is 7.80. The summed E-state index contributed by atoms with van der Waals surface area (Å²) in [6.07, 6.45) is 2.69. The van der Waals surface area contributed by atoms with Crippen LogP contribution < -0.4 is 11.1 Å². The molecule has 2 rings (SSSR count). The zero-order valence-corrected chi connectivity index (χ0v) is 11.0. The van der Waals surface area contributed by atoms with Crippen molar-refractivity contribution in [2.24, 2.45) is 5.73 Å². The predicted octanol–water partition coefficient (Wildman–Crippen LogP) is 3.02. The molecule has 0 aliphatic heterocycles. The highest BCUT2D eigenvalue weighted by Gasteiger charge is 1.99. The van der Waals surface area contributed by atoms with Crippen molar-refractivity contribution in [3.05, 3.63) is 53.7 Å². The van der Waals surface area contributed by atoms with E-state index in [1.807, 2.05) is 24.3 Å². The van der Waals surface area contributed by atoms with E-state index in [1.54, 1.807) is 6.20 Å². The molecular weight excluding hydrogens is 242 g/mol. The van der Waals surface area contributed by atoms with E-state index in [9.17, 15) is 0 Å². The Balaban J connectivity index is 2.15. The quantitative estimate of drug-likeness (QED) is 0.827. The summed E-state index contributed by atoms with van der Waals surface area (Å²) in [4.78, 5) is 4.64. The number of pyridine rings is 1. The number of nitrogens with one attached hydrogen (secondary N) is 1. The van der Waals surface area contributed by atoms with E-state index < -0.39 is 0 Å². The van der Waals surface area contributed by atoms with Crippen LogP contribution in [0.1, 0.15) is 18.1 Å². The van der Waals surface area contributed by atoms with Gasteiger partial charge in [-0.25, -0.2) is 4.98 Å². The first kappa shape index (κ1) is 12.5. The summed E-state index contributed by atoms with van der Waals surface area (Å²) in [6.45, 7) is 2.13. The molecule has 0 saturated heterocycles. The normalized spacial score (nSPS) is 10.1. The van der Waals surface area contributed by atoms with Gasteiger partial charge in [-0.1, -0.05) is 31.3 Å². The summed E-state index contributed by atoms with van der Waals surface area (Å²) in [5.74, 6) is 0.781. The van der Waals surface area contributed by atoms with Gasteiger partial charge in [0.2, 0.25) is 0 Å². The molecule has 0 bridgehead atoms. The van der Waals surface area contributed by atoms with E-state index in [4.69, 9.17) is 18.0 Å². The van der Waals surface area contributed by atoms with E-state index in [-0.39, 0.29) is 0 Å². The van der Waals surface area contributed by atoms with Gasteiger partial charge < -0.3 is 11.1 Å². The molecule has 18 heavy (non-hydrogen) atoms. The van der Waals surface area contributed by atoms with Crippen molar-refractivity contribution in [3.8, 4) is 0 Å². The van der Waals surface area contributed by atoms with Crippen molar-refractivity contribution in [1.29, 1.82) is 0 Å². The minimum atomic E-state index is 0.363. The fraction of sp³-hybridized carbons (Fsp3) is 0.143. The van der Waals surface area contributed by atoms with Crippen molar-refractivity contribution in [1.82, 2.24) is 4.98 Å². The minimum Gasteiger partial charge on any atom is -0.389 e. The SMILES string of the molecule is CCc1cccc(Nc2ccc(C(N)=S)cn2)c1. The van der Waals surface area contributed by atoms with Gasteiger partial charge in [-0.05, 0) is 36.2 Å². The van der Waals surface area contributed by atoms with Crippen LogP contribution in [0.4, 0.5) is 11.5 Å². The molecule has 0 spiro atoms. The molecule has 0 unspecified atom stereocenters. The molecule has 4 heteroatoms. The molecule has 1 aromatic carbocycles. The first-order valence-corrected chi connectivity index (χ1v) is 6.21. The largest absolute Gasteiger partial charge is 0.389 e. The molecule has 0 radical (unpaired) electrons. The summed E-state index contributed by atoms with van der Waals surface area (Å²) in [5.41, 5.74) is 8.62. The van der Waals surface area contributed by atoms with Gasteiger partial charge in [0.15, 0.2) is 0 Å². The topological polar surface area (TPSA) is 50.9 Å². The lowest BCUT2D eigenvalue weighted by atomic mass is 10.1. The number of aromatic nitrogens is 1. The summed E-state index contributed by atoms with van der Waals surface area (Å²) in [7, 11) is 0. The Morgan fingerprint density at radius 3 is 2.78 bits per heavy atom. The Morgan fingerprint density at radius 2 is 2.17 bits per heavy atom. The van der Waals surface area contributed by atoms with E-state index in [0.717, 1.165) is 23.5 Å². The van der Waals surface area contributed by atoms with Gasteiger partial charge in [-0.3, -0.25) is 0 Å². The fourth-order valence-electron chi connectivity index (χ4n) is 1.63. The monoisotopic (exact) mass is 257 g/mol. The standard InChI is InChI=1S/C14H15N3S/c1-2-10-4-3-5-12(8-10)17-13-7-6-11(9-16-13)14(15)18/h3-9H,2H2,1H3,(H2,15,18)(H,16,17). The maximum atomic E-state index is 5.53. The molecule has 3 N–H and O–H groups in total. The van der Waals surface area contributed by atoms with Crippen LogP contribution >= 0.6 is 12.2 Å². The Morgan fingerprint density at radius 1 is 1.33 bits per heavy atom. The molecule has 1 heterocycles. The van der Waals surface area contributed by atoms with Gasteiger partial charge >= 0.3 is 0 Å². The van der Waals surface area contributed by atoms with E-state index >= 15 is 0 Å². The molecule has 0 atom stereocenters. The number of benzene rings is 1. The smallest absolute Gasteiger partial charge is 0.130 e. The predicted molar refractivity (Wildman–Crippen MR) is 79.2 cm³/mol. The number of thiocarbonyl (C=S) groups is 1. The molecular formula is C14H15N3S. The summed E-state index contributed by atoms with van der Waals surface area (Å²) >= 11 is 4.89. The zero-order valence-electron chi connectivity index (χ0n) is 10.2. The fourth-order valence-corrected chi connectivity index (χ4v) is 1.75. The number of rotatable bonds is 4. The lowest BCUT2D eigenvalue weighted by Gasteiger charge is -2.07. The summed E-state index contributed by atoms with van der Waals surface area (Å²) in [6, 6.07) is 12.0. The summed E-state index contributed by atoms with van der Waals surface area (Å²) < 4.78 is 0. The average Bonchev–Trinajstić information content (AvgIpc) is 2.39. The van der Waals surface area contributed by atoms with Gasteiger partial charge in [0.05, 0.1) is 0 Å². The van der Waals surface area contributed by atoms with Gasteiger partial charge in [-0.15, -0.1) is 0 Å². The molecule has 0 saturated carbocycles. The van der Waals surface area contributed by atoms with Gasteiger partial charge in [0, 0.05) is 17.4 Å². The molecule has 0 fully saturated rings. The maximum absolute atomic E-state index is 5.53. The van der Waals surface area contributed by atoms with Crippen molar-refractivity contribution in [2.45, 2.75) is 13.3 Å². The first-order valence-electron chi connectivity index (χ1n) is 5.81. The second-order valence-electron chi connectivity index (χ2n) is 3.98. The Hall–Kier alpha value is -1.94. The van der Waals surface area contributed by atoms with Crippen molar-refractivity contribution < 1.29 is 0 Å².